The summed E-state index contributed by atoms with van der Waals surface area (Å²) < 4.78 is 37.4. The van der Waals surface area contributed by atoms with E-state index >= 15 is 0 Å². The summed E-state index contributed by atoms with van der Waals surface area (Å²) in [6, 6.07) is 10.3. The number of benzene rings is 2. The van der Waals surface area contributed by atoms with Crippen molar-refractivity contribution in [2.24, 2.45) is 0 Å². The number of hydrogen-bond acceptors (Lipinski definition) is 2. The van der Waals surface area contributed by atoms with Crippen molar-refractivity contribution in [2.75, 3.05) is 17.2 Å². The lowest BCUT2D eigenvalue weighted by molar-refractivity contribution is -0.137. The van der Waals surface area contributed by atoms with E-state index in [1.165, 1.54) is 17.7 Å². The van der Waals surface area contributed by atoms with E-state index in [0.29, 0.717) is 12.2 Å². The van der Waals surface area contributed by atoms with Gasteiger partial charge in [-0.25, -0.2) is 0 Å². The highest BCUT2D eigenvalue weighted by Gasteiger charge is 2.29. The minimum absolute atomic E-state index is 0.216. The van der Waals surface area contributed by atoms with Crippen LogP contribution in [-0.2, 0) is 11.0 Å². The van der Waals surface area contributed by atoms with Gasteiger partial charge in [-0.2, -0.15) is 13.2 Å². The van der Waals surface area contributed by atoms with E-state index in [0.717, 1.165) is 23.4 Å². The number of halogens is 3. The zero-order valence-electron chi connectivity index (χ0n) is 13.5. The summed E-state index contributed by atoms with van der Waals surface area (Å²) in [5.41, 5.74) is 2.89. The predicted octanol–water partition coefficient (Wildman–Crippen LogP) is 4.76. The Morgan fingerprint density at radius 2 is 1.58 bits per heavy atom. The third kappa shape index (κ3) is 5.01. The number of hydrogen-bond donors (Lipinski definition) is 2. The largest absolute Gasteiger partial charge is 0.416 e. The molecule has 3 nitrogen and oxygen atoms in total. The maximum absolute atomic E-state index is 12.5. The van der Waals surface area contributed by atoms with Crippen molar-refractivity contribution in [1.29, 1.82) is 0 Å². The Balaban J connectivity index is 1.81. The first-order chi connectivity index (χ1) is 11.3. The normalized spacial score (nSPS) is 11.2. The lowest BCUT2D eigenvalue weighted by Gasteiger charge is -2.10. The molecule has 2 rings (SSSR count). The maximum Gasteiger partial charge on any atom is 0.416 e. The van der Waals surface area contributed by atoms with Crippen LogP contribution in [0.3, 0.4) is 0 Å². The molecule has 1 amide bonds. The molecule has 0 heterocycles. The Hall–Kier alpha value is -2.50. The Bertz CT molecular complexity index is 709. The summed E-state index contributed by atoms with van der Waals surface area (Å²) in [4.78, 5) is 11.8. The number of alkyl halides is 3. The first-order valence-corrected chi connectivity index (χ1v) is 7.54. The minimum Gasteiger partial charge on any atom is -0.385 e. The van der Waals surface area contributed by atoms with E-state index in [4.69, 9.17) is 0 Å². The van der Waals surface area contributed by atoms with Gasteiger partial charge < -0.3 is 10.6 Å². The Labute approximate surface area is 138 Å². The molecular weight excluding hydrogens is 317 g/mol. The van der Waals surface area contributed by atoms with Crippen LogP contribution in [0.1, 0.15) is 23.1 Å². The van der Waals surface area contributed by atoms with Crippen LogP contribution in [-0.4, -0.2) is 12.5 Å². The molecule has 0 bridgehead atoms. The number of carbonyl (C=O) groups is 1. The van der Waals surface area contributed by atoms with Crippen molar-refractivity contribution in [3.05, 3.63) is 59.2 Å². The van der Waals surface area contributed by atoms with E-state index in [9.17, 15) is 18.0 Å². The molecule has 0 aromatic heterocycles. The van der Waals surface area contributed by atoms with E-state index in [1.54, 1.807) is 0 Å². The third-order valence-corrected chi connectivity index (χ3v) is 3.68. The fourth-order valence-corrected chi connectivity index (χ4v) is 2.14. The van der Waals surface area contributed by atoms with Gasteiger partial charge in [-0.15, -0.1) is 0 Å². The molecular formula is C18H19F3N2O. The van der Waals surface area contributed by atoms with Crippen LogP contribution in [0, 0.1) is 13.8 Å². The number of anilines is 2. The topological polar surface area (TPSA) is 41.1 Å². The van der Waals surface area contributed by atoms with Crippen LogP contribution in [0.2, 0.25) is 0 Å². The van der Waals surface area contributed by atoms with Gasteiger partial charge in [0.15, 0.2) is 0 Å². The number of amides is 1. The van der Waals surface area contributed by atoms with Gasteiger partial charge in [0.1, 0.15) is 0 Å². The molecule has 0 fully saturated rings. The third-order valence-electron chi connectivity index (χ3n) is 3.68. The van der Waals surface area contributed by atoms with Crippen molar-refractivity contribution in [1.82, 2.24) is 0 Å². The van der Waals surface area contributed by atoms with Gasteiger partial charge >= 0.3 is 6.18 Å². The van der Waals surface area contributed by atoms with Crippen LogP contribution in [0.5, 0.6) is 0 Å². The average Bonchev–Trinajstić information content (AvgIpc) is 2.50. The van der Waals surface area contributed by atoms with Gasteiger partial charge in [0.2, 0.25) is 5.91 Å². The van der Waals surface area contributed by atoms with E-state index in [2.05, 4.69) is 10.6 Å². The molecule has 6 heteroatoms. The maximum atomic E-state index is 12.5. The van der Waals surface area contributed by atoms with E-state index in [1.807, 2.05) is 32.0 Å². The Morgan fingerprint density at radius 1 is 0.958 bits per heavy atom. The molecule has 2 N–H and O–H groups in total. The molecule has 0 spiro atoms. The number of aryl methyl sites for hydroxylation is 2. The van der Waals surface area contributed by atoms with Crippen LogP contribution < -0.4 is 10.6 Å². The van der Waals surface area contributed by atoms with Gasteiger partial charge in [0.05, 0.1) is 5.56 Å². The van der Waals surface area contributed by atoms with Gasteiger partial charge in [0, 0.05) is 24.3 Å². The van der Waals surface area contributed by atoms with Crippen molar-refractivity contribution in [3.63, 3.8) is 0 Å². The average molecular weight is 336 g/mol. The first-order valence-electron chi connectivity index (χ1n) is 7.54. The van der Waals surface area contributed by atoms with Crippen molar-refractivity contribution in [3.8, 4) is 0 Å². The number of nitrogens with one attached hydrogen (secondary N) is 2. The molecule has 128 valence electrons. The SMILES string of the molecule is Cc1ccc(NCCC(=O)Nc2ccc(C(F)(F)F)cc2)cc1C. The molecule has 2 aromatic rings. The fraction of sp³-hybridized carbons (Fsp3) is 0.278. The zero-order valence-corrected chi connectivity index (χ0v) is 13.5. The zero-order chi connectivity index (χ0) is 17.7. The fourth-order valence-electron chi connectivity index (χ4n) is 2.14. The molecule has 0 atom stereocenters. The van der Waals surface area contributed by atoms with Gasteiger partial charge in [-0.05, 0) is 61.4 Å². The minimum atomic E-state index is -4.38. The quantitative estimate of drug-likeness (QED) is 0.826. The highest BCUT2D eigenvalue weighted by atomic mass is 19.4. The standard InChI is InChI=1S/C18H19F3N2O/c1-12-3-6-16(11-13(12)2)22-10-9-17(24)23-15-7-4-14(5-8-15)18(19,20)21/h3-8,11,22H,9-10H2,1-2H3,(H,23,24). The second-order valence-corrected chi connectivity index (χ2v) is 5.60. The van der Waals surface area contributed by atoms with Crippen LogP contribution in [0.15, 0.2) is 42.5 Å². The highest BCUT2D eigenvalue weighted by molar-refractivity contribution is 5.91. The summed E-state index contributed by atoms with van der Waals surface area (Å²) >= 11 is 0. The molecule has 0 saturated heterocycles. The van der Waals surface area contributed by atoms with Crippen LogP contribution in [0.4, 0.5) is 24.5 Å². The molecule has 0 aliphatic carbocycles. The molecule has 0 aliphatic rings. The summed E-state index contributed by atoms with van der Waals surface area (Å²) in [7, 11) is 0. The smallest absolute Gasteiger partial charge is 0.385 e. The number of carbonyl (C=O) groups excluding carboxylic acids is 1. The van der Waals surface area contributed by atoms with E-state index < -0.39 is 11.7 Å². The van der Waals surface area contributed by atoms with Crippen molar-refractivity contribution < 1.29 is 18.0 Å². The predicted molar refractivity (Wildman–Crippen MR) is 89.1 cm³/mol. The molecule has 0 radical (unpaired) electrons. The van der Waals surface area contributed by atoms with Crippen molar-refractivity contribution in [2.45, 2.75) is 26.4 Å². The summed E-state index contributed by atoms with van der Waals surface area (Å²) in [5, 5.41) is 5.73. The Kier molecular flexibility index (Phi) is 5.49. The van der Waals surface area contributed by atoms with Crippen molar-refractivity contribution >= 4 is 17.3 Å². The van der Waals surface area contributed by atoms with Gasteiger partial charge in [0.25, 0.3) is 0 Å². The molecule has 2 aromatic carbocycles. The van der Waals surface area contributed by atoms with Crippen LogP contribution in [0.25, 0.3) is 0 Å². The molecule has 0 aliphatic heterocycles. The lowest BCUT2D eigenvalue weighted by Crippen LogP contribution is -2.16. The second-order valence-electron chi connectivity index (χ2n) is 5.60. The Morgan fingerprint density at radius 3 is 2.17 bits per heavy atom. The van der Waals surface area contributed by atoms with Crippen LogP contribution >= 0.6 is 0 Å². The lowest BCUT2D eigenvalue weighted by atomic mass is 10.1. The summed E-state index contributed by atoms with van der Waals surface area (Å²) in [6.45, 7) is 4.48. The van der Waals surface area contributed by atoms with Gasteiger partial charge in [-0.1, -0.05) is 6.07 Å². The highest BCUT2D eigenvalue weighted by Crippen LogP contribution is 2.29. The monoisotopic (exact) mass is 336 g/mol. The number of rotatable bonds is 5. The molecule has 24 heavy (non-hydrogen) atoms. The van der Waals surface area contributed by atoms with E-state index in [-0.39, 0.29) is 12.3 Å². The first kappa shape index (κ1) is 17.8. The molecule has 0 saturated carbocycles. The second kappa shape index (κ2) is 7.38. The summed E-state index contributed by atoms with van der Waals surface area (Å²) in [6.07, 6.45) is -4.16. The summed E-state index contributed by atoms with van der Waals surface area (Å²) in [5.74, 6) is -0.258. The van der Waals surface area contributed by atoms with Gasteiger partial charge in [-0.3, -0.25) is 4.79 Å². The molecule has 0 unspecified atom stereocenters.